The highest BCUT2D eigenvalue weighted by Crippen LogP contribution is 2.35. The third kappa shape index (κ3) is 2.16. The molecule has 1 amide bonds. The van der Waals surface area contributed by atoms with Crippen LogP contribution in [0.2, 0.25) is 0 Å². The summed E-state index contributed by atoms with van der Waals surface area (Å²) < 4.78 is 26.8. The molecule has 0 fully saturated rings. The number of carbonyl (C=O) groups is 1. The molecule has 2 heterocycles. The van der Waals surface area contributed by atoms with Crippen LogP contribution in [0.25, 0.3) is 0 Å². The van der Waals surface area contributed by atoms with Crippen LogP contribution < -0.4 is 4.90 Å². The Labute approximate surface area is 118 Å². The van der Waals surface area contributed by atoms with E-state index in [1.54, 1.807) is 17.8 Å². The van der Waals surface area contributed by atoms with Gasteiger partial charge in [0.25, 0.3) is 5.91 Å². The number of halogens is 2. The summed E-state index contributed by atoms with van der Waals surface area (Å²) in [6.45, 7) is 0.462. The Balaban J connectivity index is 2.02. The van der Waals surface area contributed by atoms with E-state index in [0.29, 0.717) is 6.54 Å². The Morgan fingerprint density at radius 1 is 1.25 bits per heavy atom. The topological polar surface area (TPSA) is 33.2 Å². The van der Waals surface area contributed by atoms with Gasteiger partial charge in [-0.1, -0.05) is 12.1 Å². The minimum atomic E-state index is -1.25. The van der Waals surface area contributed by atoms with Gasteiger partial charge in [-0.15, -0.1) is 11.8 Å². The molecule has 20 heavy (non-hydrogen) atoms. The van der Waals surface area contributed by atoms with E-state index in [0.717, 1.165) is 22.5 Å². The van der Waals surface area contributed by atoms with Crippen molar-refractivity contribution in [1.82, 2.24) is 4.98 Å². The fraction of sp³-hybridized carbons (Fsp3) is 0.143. The number of para-hydroxylation sites is 1. The molecule has 6 heteroatoms. The first-order chi connectivity index (χ1) is 9.68. The van der Waals surface area contributed by atoms with E-state index in [-0.39, 0.29) is 5.56 Å². The number of carbonyl (C=O) groups excluding carboxylic acids is 1. The summed E-state index contributed by atoms with van der Waals surface area (Å²) in [5.41, 5.74) is 0.435. The Morgan fingerprint density at radius 2 is 2.05 bits per heavy atom. The molecular formula is C14H10F2N2OS. The van der Waals surface area contributed by atoms with Crippen LogP contribution in [-0.4, -0.2) is 23.2 Å². The van der Waals surface area contributed by atoms with E-state index in [9.17, 15) is 13.6 Å². The molecular weight excluding hydrogens is 282 g/mol. The number of amides is 1. The van der Waals surface area contributed by atoms with Gasteiger partial charge in [0, 0.05) is 23.4 Å². The monoisotopic (exact) mass is 292 g/mol. The van der Waals surface area contributed by atoms with Gasteiger partial charge in [0.15, 0.2) is 5.82 Å². The van der Waals surface area contributed by atoms with E-state index in [1.165, 1.54) is 11.0 Å². The number of fused-ring (bicyclic) bond motifs is 1. The summed E-state index contributed by atoms with van der Waals surface area (Å²) in [4.78, 5) is 18.0. The highest BCUT2D eigenvalue weighted by molar-refractivity contribution is 7.99. The number of anilines is 1. The normalized spacial score (nSPS) is 14.0. The van der Waals surface area contributed by atoms with Crippen LogP contribution in [0.4, 0.5) is 14.5 Å². The van der Waals surface area contributed by atoms with Gasteiger partial charge in [-0.25, -0.2) is 9.37 Å². The lowest BCUT2D eigenvalue weighted by Crippen LogP contribution is -2.36. The second-order valence-corrected chi connectivity index (χ2v) is 5.37. The van der Waals surface area contributed by atoms with Crippen molar-refractivity contribution in [3.63, 3.8) is 0 Å². The van der Waals surface area contributed by atoms with E-state index < -0.39 is 17.7 Å². The maximum atomic E-state index is 13.7. The van der Waals surface area contributed by atoms with Gasteiger partial charge in [-0.2, -0.15) is 4.39 Å². The number of aromatic nitrogens is 1. The standard InChI is InChI=1S/C14H10F2N2OS/c15-12-9(5-6-17-13(12)16)14(19)18-7-8-20-11-4-2-1-3-10(11)18/h1-6H,7-8H2. The van der Waals surface area contributed by atoms with Crippen LogP contribution in [0.5, 0.6) is 0 Å². The predicted octanol–water partition coefficient (Wildman–Crippen LogP) is 3.11. The summed E-state index contributed by atoms with van der Waals surface area (Å²) >= 11 is 1.64. The Hall–Kier alpha value is -1.95. The van der Waals surface area contributed by atoms with Gasteiger partial charge in [-0.3, -0.25) is 4.79 Å². The van der Waals surface area contributed by atoms with Crippen LogP contribution in [0.15, 0.2) is 41.4 Å². The molecule has 0 atom stereocenters. The van der Waals surface area contributed by atoms with Crippen molar-refractivity contribution >= 4 is 23.4 Å². The zero-order valence-corrected chi connectivity index (χ0v) is 11.2. The molecule has 0 aliphatic carbocycles. The van der Waals surface area contributed by atoms with Gasteiger partial charge in [0.2, 0.25) is 5.95 Å². The summed E-state index contributed by atoms with van der Waals surface area (Å²) in [7, 11) is 0. The van der Waals surface area contributed by atoms with Crippen LogP contribution in [0.3, 0.4) is 0 Å². The van der Waals surface area contributed by atoms with Crippen molar-refractivity contribution in [2.24, 2.45) is 0 Å². The van der Waals surface area contributed by atoms with Crippen molar-refractivity contribution in [3.05, 3.63) is 53.9 Å². The molecule has 3 nitrogen and oxygen atoms in total. The van der Waals surface area contributed by atoms with Crippen LogP contribution in [0.1, 0.15) is 10.4 Å². The molecule has 1 aromatic heterocycles. The minimum absolute atomic E-state index is 0.292. The van der Waals surface area contributed by atoms with Crippen molar-refractivity contribution in [1.29, 1.82) is 0 Å². The molecule has 102 valence electrons. The van der Waals surface area contributed by atoms with Crippen molar-refractivity contribution in [3.8, 4) is 0 Å². The zero-order valence-electron chi connectivity index (χ0n) is 10.3. The fourth-order valence-corrected chi connectivity index (χ4v) is 3.10. The number of pyridine rings is 1. The molecule has 0 unspecified atom stereocenters. The molecule has 0 saturated heterocycles. The third-order valence-corrected chi connectivity index (χ3v) is 4.09. The lowest BCUT2D eigenvalue weighted by atomic mass is 10.2. The van der Waals surface area contributed by atoms with Crippen molar-refractivity contribution in [2.75, 3.05) is 17.2 Å². The predicted molar refractivity (Wildman–Crippen MR) is 73.0 cm³/mol. The largest absolute Gasteiger partial charge is 0.306 e. The van der Waals surface area contributed by atoms with Gasteiger partial charge < -0.3 is 4.90 Å². The Kier molecular flexibility index (Phi) is 3.40. The smallest absolute Gasteiger partial charge is 0.261 e. The first-order valence-electron chi connectivity index (χ1n) is 6.02. The van der Waals surface area contributed by atoms with E-state index in [2.05, 4.69) is 4.98 Å². The van der Waals surface area contributed by atoms with E-state index in [4.69, 9.17) is 0 Å². The summed E-state index contributed by atoms with van der Waals surface area (Å²) in [5.74, 6) is -2.28. The fourth-order valence-electron chi connectivity index (χ4n) is 2.11. The molecule has 3 rings (SSSR count). The van der Waals surface area contributed by atoms with Crippen LogP contribution in [0, 0.1) is 11.8 Å². The third-order valence-electron chi connectivity index (χ3n) is 3.05. The van der Waals surface area contributed by atoms with Crippen molar-refractivity contribution in [2.45, 2.75) is 4.90 Å². The lowest BCUT2D eigenvalue weighted by molar-refractivity contribution is 0.0982. The minimum Gasteiger partial charge on any atom is -0.306 e. The maximum absolute atomic E-state index is 13.7. The molecule has 0 spiro atoms. The SMILES string of the molecule is O=C(c1ccnc(F)c1F)N1CCSc2ccccc21. The van der Waals surface area contributed by atoms with Gasteiger partial charge in [0.05, 0.1) is 11.3 Å². The molecule has 0 bridgehead atoms. The van der Waals surface area contributed by atoms with Gasteiger partial charge in [-0.05, 0) is 18.2 Å². The number of nitrogens with zero attached hydrogens (tertiary/aromatic N) is 2. The van der Waals surface area contributed by atoms with Crippen molar-refractivity contribution < 1.29 is 13.6 Å². The first kappa shape index (κ1) is 13.1. The van der Waals surface area contributed by atoms with Gasteiger partial charge in [0.1, 0.15) is 0 Å². The summed E-state index contributed by atoms with van der Waals surface area (Å²) in [5, 5.41) is 0. The number of hydrogen-bond acceptors (Lipinski definition) is 3. The van der Waals surface area contributed by atoms with E-state index >= 15 is 0 Å². The molecule has 2 aromatic rings. The highest BCUT2D eigenvalue weighted by Gasteiger charge is 2.26. The molecule has 1 aromatic carbocycles. The second kappa shape index (κ2) is 5.20. The van der Waals surface area contributed by atoms with Gasteiger partial charge >= 0.3 is 0 Å². The molecule has 1 aliphatic heterocycles. The molecule has 0 N–H and O–H groups in total. The molecule has 1 aliphatic rings. The summed E-state index contributed by atoms with van der Waals surface area (Å²) in [6.07, 6.45) is 1.09. The van der Waals surface area contributed by atoms with Crippen LogP contribution >= 0.6 is 11.8 Å². The lowest BCUT2D eigenvalue weighted by Gasteiger charge is -2.29. The highest BCUT2D eigenvalue weighted by atomic mass is 32.2. The van der Waals surface area contributed by atoms with Crippen LogP contribution in [-0.2, 0) is 0 Å². The number of hydrogen-bond donors (Lipinski definition) is 0. The first-order valence-corrected chi connectivity index (χ1v) is 7.01. The Morgan fingerprint density at radius 3 is 2.90 bits per heavy atom. The molecule has 0 radical (unpaired) electrons. The second-order valence-electron chi connectivity index (χ2n) is 4.24. The number of rotatable bonds is 1. The average molecular weight is 292 g/mol. The average Bonchev–Trinajstić information content (AvgIpc) is 2.49. The van der Waals surface area contributed by atoms with E-state index in [1.807, 2.05) is 18.2 Å². The maximum Gasteiger partial charge on any atom is 0.261 e. The number of benzene rings is 1. The Bertz CT molecular complexity index is 678. The molecule has 0 saturated carbocycles. The zero-order chi connectivity index (χ0) is 14.1. The summed E-state index contributed by atoms with van der Waals surface area (Å²) in [6, 6.07) is 8.60. The number of thioether (sulfide) groups is 1. The quantitative estimate of drug-likeness (QED) is 0.757.